The number of amidine groups is 1. The van der Waals surface area contributed by atoms with Gasteiger partial charge in [0.15, 0.2) is 15.7 Å². The number of hydrogen-bond acceptors (Lipinski definition) is 6. The number of hydrogen-bond donors (Lipinski definition) is 2. The van der Waals surface area contributed by atoms with E-state index < -0.39 is 21.1 Å². The molecule has 0 bridgehead atoms. The van der Waals surface area contributed by atoms with Crippen molar-refractivity contribution in [3.05, 3.63) is 0 Å². The van der Waals surface area contributed by atoms with Crippen molar-refractivity contribution in [1.29, 1.82) is 0 Å². The van der Waals surface area contributed by atoms with E-state index in [0.29, 0.717) is 30.9 Å². The molecule has 0 aromatic heterocycles. The monoisotopic (exact) mass is 337 g/mol. The van der Waals surface area contributed by atoms with E-state index in [2.05, 4.69) is 5.16 Å². The maximum Gasteiger partial charge on any atom is 0.234 e. The quantitative estimate of drug-likeness (QED) is 0.315. The predicted octanol–water partition coefficient (Wildman–Crippen LogP) is 0.485. The van der Waals surface area contributed by atoms with Crippen LogP contribution < -0.4 is 5.73 Å². The van der Waals surface area contributed by atoms with E-state index in [0.717, 1.165) is 0 Å². The van der Waals surface area contributed by atoms with E-state index in [-0.39, 0.29) is 17.5 Å². The van der Waals surface area contributed by atoms with Gasteiger partial charge in [-0.1, -0.05) is 25.4 Å². The summed E-state index contributed by atoms with van der Waals surface area (Å²) < 4.78 is 24.3. The van der Waals surface area contributed by atoms with Crippen LogP contribution >= 0.6 is 11.8 Å². The van der Waals surface area contributed by atoms with Crippen LogP contribution in [0, 0.1) is 5.92 Å². The van der Waals surface area contributed by atoms with Gasteiger partial charge in [0, 0.05) is 23.8 Å². The fourth-order valence-corrected chi connectivity index (χ4v) is 5.25. The summed E-state index contributed by atoms with van der Waals surface area (Å²) in [6.45, 7) is 3.83. The lowest BCUT2D eigenvalue weighted by molar-refractivity contribution is -0.134. The minimum Gasteiger partial charge on any atom is -0.409 e. The van der Waals surface area contributed by atoms with Crippen molar-refractivity contribution < 1.29 is 18.4 Å². The molecule has 122 valence electrons. The molecule has 2 unspecified atom stereocenters. The number of rotatable bonds is 6. The molecule has 0 aromatic carbocycles. The Hall–Kier alpha value is -0.960. The van der Waals surface area contributed by atoms with E-state index in [1.165, 1.54) is 16.7 Å². The van der Waals surface area contributed by atoms with Gasteiger partial charge in [-0.3, -0.25) is 4.79 Å². The number of carbonyl (C=O) groups is 1. The summed E-state index contributed by atoms with van der Waals surface area (Å²) >= 11 is 1.52. The molecule has 1 aliphatic rings. The van der Waals surface area contributed by atoms with Crippen LogP contribution in [0.15, 0.2) is 5.16 Å². The van der Waals surface area contributed by atoms with Crippen LogP contribution in [0.3, 0.4) is 0 Å². The van der Waals surface area contributed by atoms with Crippen molar-refractivity contribution in [2.24, 2.45) is 16.8 Å². The number of nitrogens with zero attached hydrogens (tertiary/aromatic N) is 2. The Labute approximate surface area is 129 Å². The zero-order chi connectivity index (χ0) is 16.0. The Morgan fingerprint density at radius 2 is 2.19 bits per heavy atom. The number of carbonyl (C=O) groups excluding carboxylic acids is 1. The highest BCUT2D eigenvalue weighted by molar-refractivity contribution is 8.01. The molecule has 1 aliphatic heterocycles. The SMILES string of the molecule is CCCC(C(=O)N1CCSCC1S(=O)(=O)CC)C(N)=NO. The standard InChI is InChI=1S/C12H23N3O4S2/c1-3-5-9(11(13)14-17)12(16)15-6-7-20-8-10(15)21(18,19)4-2/h9-10,17H,3-8H2,1-2H3,(H2,13,14). The summed E-state index contributed by atoms with van der Waals surface area (Å²) in [5, 5.41) is 10.9. The van der Waals surface area contributed by atoms with Crippen LogP contribution in [-0.2, 0) is 14.6 Å². The molecule has 21 heavy (non-hydrogen) atoms. The molecule has 1 saturated heterocycles. The number of thioether (sulfide) groups is 1. The molecule has 1 amide bonds. The second-order valence-electron chi connectivity index (χ2n) is 4.88. The molecule has 3 N–H and O–H groups in total. The van der Waals surface area contributed by atoms with Crippen LogP contribution in [0.2, 0.25) is 0 Å². The molecule has 1 rings (SSSR count). The van der Waals surface area contributed by atoms with Crippen LogP contribution in [0.25, 0.3) is 0 Å². The summed E-state index contributed by atoms with van der Waals surface area (Å²) in [5.74, 6) is -0.239. The maximum absolute atomic E-state index is 12.6. The zero-order valence-corrected chi connectivity index (χ0v) is 14.0. The van der Waals surface area contributed by atoms with Crippen LogP contribution in [0.1, 0.15) is 26.7 Å². The number of amides is 1. The largest absolute Gasteiger partial charge is 0.409 e. The van der Waals surface area contributed by atoms with Crippen molar-refractivity contribution in [3.8, 4) is 0 Å². The van der Waals surface area contributed by atoms with Gasteiger partial charge in [-0.15, -0.1) is 0 Å². The average molecular weight is 337 g/mol. The number of nitrogens with two attached hydrogens (primary N) is 1. The lowest BCUT2D eigenvalue weighted by Crippen LogP contribution is -2.54. The fraction of sp³-hybridized carbons (Fsp3) is 0.833. The third-order valence-corrected chi connectivity index (χ3v) is 6.82. The highest BCUT2D eigenvalue weighted by Gasteiger charge is 2.39. The molecular weight excluding hydrogens is 314 g/mol. The van der Waals surface area contributed by atoms with Gasteiger partial charge in [0.1, 0.15) is 5.37 Å². The molecule has 1 fully saturated rings. The maximum atomic E-state index is 12.6. The van der Waals surface area contributed by atoms with Crippen molar-refractivity contribution in [3.63, 3.8) is 0 Å². The smallest absolute Gasteiger partial charge is 0.234 e. The summed E-state index contributed by atoms with van der Waals surface area (Å²) in [6.07, 6.45) is 1.11. The number of oxime groups is 1. The van der Waals surface area contributed by atoms with Gasteiger partial charge >= 0.3 is 0 Å². The molecule has 0 aliphatic carbocycles. The van der Waals surface area contributed by atoms with E-state index >= 15 is 0 Å². The fourth-order valence-electron chi connectivity index (χ4n) is 2.28. The summed E-state index contributed by atoms with van der Waals surface area (Å²) in [5.41, 5.74) is 5.60. The van der Waals surface area contributed by atoms with Crippen molar-refractivity contribution in [2.75, 3.05) is 23.8 Å². The summed E-state index contributed by atoms with van der Waals surface area (Å²) in [4.78, 5) is 14.0. The molecule has 2 atom stereocenters. The first kappa shape index (κ1) is 18.1. The van der Waals surface area contributed by atoms with Crippen molar-refractivity contribution >= 4 is 33.3 Å². The minimum absolute atomic E-state index is 0.00990. The molecule has 0 radical (unpaired) electrons. The molecular formula is C12H23N3O4S2. The molecule has 0 aromatic rings. The van der Waals surface area contributed by atoms with Gasteiger partial charge in [0.05, 0.1) is 5.92 Å². The van der Waals surface area contributed by atoms with Crippen LogP contribution in [0.5, 0.6) is 0 Å². The van der Waals surface area contributed by atoms with Gasteiger partial charge in [-0.05, 0) is 6.42 Å². The third kappa shape index (κ3) is 4.26. The van der Waals surface area contributed by atoms with Gasteiger partial charge in [0.25, 0.3) is 0 Å². The lowest BCUT2D eigenvalue weighted by Gasteiger charge is -2.36. The van der Waals surface area contributed by atoms with E-state index in [1.54, 1.807) is 6.92 Å². The Morgan fingerprint density at radius 3 is 2.71 bits per heavy atom. The second-order valence-corrected chi connectivity index (χ2v) is 8.48. The molecule has 0 saturated carbocycles. The molecule has 7 nitrogen and oxygen atoms in total. The van der Waals surface area contributed by atoms with Crippen LogP contribution in [0.4, 0.5) is 0 Å². The number of sulfone groups is 1. The normalized spacial score (nSPS) is 22.1. The summed E-state index contributed by atoms with van der Waals surface area (Å²) in [6, 6.07) is 0. The average Bonchev–Trinajstić information content (AvgIpc) is 2.51. The van der Waals surface area contributed by atoms with Crippen molar-refractivity contribution in [1.82, 2.24) is 4.90 Å². The van der Waals surface area contributed by atoms with Gasteiger partial charge in [0.2, 0.25) is 5.91 Å². The Morgan fingerprint density at radius 1 is 1.52 bits per heavy atom. The lowest BCUT2D eigenvalue weighted by atomic mass is 10.0. The van der Waals surface area contributed by atoms with E-state index in [9.17, 15) is 13.2 Å². The highest BCUT2D eigenvalue weighted by Crippen LogP contribution is 2.24. The highest BCUT2D eigenvalue weighted by atomic mass is 32.2. The molecule has 0 spiro atoms. The van der Waals surface area contributed by atoms with Gasteiger partial charge in [-0.2, -0.15) is 11.8 Å². The Bertz CT molecular complexity index is 493. The predicted molar refractivity (Wildman–Crippen MR) is 84.1 cm³/mol. The topological polar surface area (TPSA) is 113 Å². The van der Waals surface area contributed by atoms with Crippen molar-refractivity contribution in [2.45, 2.75) is 32.1 Å². The van der Waals surface area contributed by atoms with Gasteiger partial charge < -0.3 is 15.8 Å². The van der Waals surface area contributed by atoms with E-state index in [4.69, 9.17) is 10.9 Å². The third-order valence-electron chi connectivity index (χ3n) is 3.53. The first-order valence-corrected chi connectivity index (χ1v) is 9.83. The van der Waals surface area contributed by atoms with E-state index in [1.807, 2.05) is 6.92 Å². The summed E-state index contributed by atoms with van der Waals surface area (Å²) in [7, 11) is -3.36. The Balaban J connectivity index is 3.05. The Kier molecular flexibility index (Phi) is 6.79. The van der Waals surface area contributed by atoms with Crippen LogP contribution in [-0.4, -0.2) is 59.4 Å². The van der Waals surface area contributed by atoms with Gasteiger partial charge in [-0.25, -0.2) is 8.42 Å². The molecule has 1 heterocycles. The minimum atomic E-state index is -3.36. The first-order valence-electron chi connectivity index (χ1n) is 6.96. The zero-order valence-electron chi connectivity index (χ0n) is 12.4. The second kappa shape index (κ2) is 7.88. The molecule has 9 heteroatoms. The first-order chi connectivity index (χ1) is 9.88.